The second kappa shape index (κ2) is 6.70. The summed E-state index contributed by atoms with van der Waals surface area (Å²) in [7, 11) is 1.89. The number of rotatable bonds is 5. The first-order valence-corrected chi connectivity index (χ1v) is 7.65. The number of anilines is 1. The van der Waals surface area contributed by atoms with Crippen LogP contribution >= 0.6 is 0 Å². The number of hydrogen-bond acceptors (Lipinski definition) is 3. The van der Waals surface area contributed by atoms with E-state index >= 15 is 0 Å². The summed E-state index contributed by atoms with van der Waals surface area (Å²) in [5.74, 6) is 2.72. The Morgan fingerprint density at radius 2 is 1.67 bits per heavy atom. The van der Waals surface area contributed by atoms with E-state index < -0.39 is 0 Å². The van der Waals surface area contributed by atoms with Gasteiger partial charge < -0.3 is 5.32 Å². The largest absolute Gasteiger partial charge is 0.373 e. The molecule has 0 radical (unpaired) electrons. The van der Waals surface area contributed by atoms with Gasteiger partial charge in [-0.2, -0.15) is 0 Å². The number of hydrogen-bond donors (Lipinski definition) is 1. The summed E-state index contributed by atoms with van der Waals surface area (Å²) in [6, 6.07) is 10.6. The Morgan fingerprint density at radius 3 is 2.19 bits per heavy atom. The Labute approximate surface area is 127 Å². The fourth-order valence-corrected chi connectivity index (χ4v) is 2.28. The van der Waals surface area contributed by atoms with Gasteiger partial charge in [-0.3, -0.25) is 0 Å². The van der Waals surface area contributed by atoms with E-state index in [-0.39, 0.29) is 0 Å². The Hall–Kier alpha value is -1.90. The van der Waals surface area contributed by atoms with Crippen molar-refractivity contribution in [3.05, 3.63) is 41.6 Å². The van der Waals surface area contributed by atoms with Crippen LogP contribution in [0.1, 0.15) is 44.9 Å². The van der Waals surface area contributed by atoms with Gasteiger partial charge >= 0.3 is 0 Å². The molecule has 3 heteroatoms. The van der Waals surface area contributed by atoms with Crippen molar-refractivity contribution >= 4 is 5.82 Å². The Morgan fingerprint density at radius 1 is 1.00 bits per heavy atom. The highest BCUT2D eigenvalue weighted by Gasteiger charge is 2.09. The molecule has 0 amide bonds. The van der Waals surface area contributed by atoms with Crippen LogP contribution in [0.4, 0.5) is 5.82 Å². The quantitative estimate of drug-likeness (QED) is 0.877. The van der Waals surface area contributed by atoms with Gasteiger partial charge in [-0.1, -0.05) is 52.0 Å². The molecule has 21 heavy (non-hydrogen) atoms. The van der Waals surface area contributed by atoms with Crippen molar-refractivity contribution < 1.29 is 0 Å². The first kappa shape index (κ1) is 15.5. The Kier molecular flexibility index (Phi) is 4.94. The van der Waals surface area contributed by atoms with E-state index in [0.29, 0.717) is 11.8 Å². The summed E-state index contributed by atoms with van der Waals surface area (Å²) in [5, 5.41) is 3.12. The summed E-state index contributed by atoms with van der Waals surface area (Å²) in [5.41, 5.74) is 3.50. The molecular weight excluding hydrogens is 258 g/mol. The Balaban J connectivity index is 2.34. The SMILES string of the molecule is CNc1cc(C(C)C)nc(-c2ccc(CC(C)C)cc2)n1. The van der Waals surface area contributed by atoms with Crippen LogP contribution in [0.15, 0.2) is 30.3 Å². The Bertz CT molecular complexity index is 586. The second-order valence-electron chi connectivity index (χ2n) is 6.20. The minimum absolute atomic E-state index is 0.388. The highest BCUT2D eigenvalue weighted by molar-refractivity contribution is 5.58. The third-order valence-corrected chi connectivity index (χ3v) is 3.45. The van der Waals surface area contributed by atoms with E-state index in [9.17, 15) is 0 Å². The molecule has 0 saturated heterocycles. The molecule has 0 bridgehead atoms. The summed E-state index contributed by atoms with van der Waals surface area (Å²) in [6.45, 7) is 8.78. The summed E-state index contributed by atoms with van der Waals surface area (Å²) in [6.07, 6.45) is 1.11. The molecule has 0 fully saturated rings. The summed E-state index contributed by atoms with van der Waals surface area (Å²) >= 11 is 0. The van der Waals surface area contributed by atoms with Gasteiger partial charge in [0.25, 0.3) is 0 Å². The van der Waals surface area contributed by atoms with Gasteiger partial charge in [-0.25, -0.2) is 9.97 Å². The van der Waals surface area contributed by atoms with Crippen LogP contribution in [-0.4, -0.2) is 17.0 Å². The summed E-state index contributed by atoms with van der Waals surface area (Å²) < 4.78 is 0. The predicted octanol–water partition coefficient (Wildman–Crippen LogP) is 4.51. The van der Waals surface area contributed by atoms with Gasteiger partial charge in [0.15, 0.2) is 5.82 Å². The van der Waals surface area contributed by atoms with Crippen molar-refractivity contribution in [2.45, 2.75) is 40.0 Å². The molecule has 2 rings (SSSR count). The predicted molar refractivity (Wildman–Crippen MR) is 89.6 cm³/mol. The van der Waals surface area contributed by atoms with Crippen molar-refractivity contribution in [1.82, 2.24) is 9.97 Å². The summed E-state index contributed by atoms with van der Waals surface area (Å²) in [4.78, 5) is 9.26. The van der Waals surface area contributed by atoms with Crippen LogP contribution in [0.3, 0.4) is 0 Å². The average Bonchev–Trinajstić information content (AvgIpc) is 2.46. The lowest BCUT2D eigenvalue weighted by molar-refractivity contribution is 0.647. The first-order valence-electron chi connectivity index (χ1n) is 7.65. The normalized spacial score (nSPS) is 11.2. The van der Waals surface area contributed by atoms with Crippen molar-refractivity contribution in [2.24, 2.45) is 5.92 Å². The average molecular weight is 283 g/mol. The minimum Gasteiger partial charge on any atom is -0.373 e. The number of nitrogens with one attached hydrogen (secondary N) is 1. The smallest absolute Gasteiger partial charge is 0.161 e. The van der Waals surface area contributed by atoms with E-state index in [1.54, 1.807) is 0 Å². The van der Waals surface area contributed by atoms with Gasteiger partial charge in [0.2, 0.25) is 0 Å². The molecular formula is C18H25N3. The van der Waals surface area contributed by atoms with Crippen LogP contribution < -0.4 is 5.32 Å². The van der Waals surface area contributed by atoms with Crippen LogP contribution in [0, 0.1) is 5.92 Å². The lowest BCUT2D eigenvalue weighted by Gasteiger charge is -2.11. The third kappa shape index (κ3) is 4.03. The molecule has 1 aromatic carbocycles. The highest BCUT2D eigenvalue weighted by Crippen LogP contribution is 2.22. The first-order chi connectivity index (χ1) is 9.99. The molecule has 0 unspecified atom stereocenters. The van der Waals surface area contributed by atoms with Crippen molar-refractivity contribution in [3.8, 4) is 11.4 Å². The fraction of sp³-hybridized carbons (Fsp3) is 0.444. The molecule has 112 valence electrons. The van der Waals surface area contributed by atoms with Gasteiger partial charge in [0.1, 0.15) is 5.82 Å². The molecule has 0 aliphatic rings. The molecule has 3 nitrogen and oxygen atoms in total. The van der Waals surface area contributed by atoms with Crippen molar-refractivity contribution in [3.63, 3.8) is 0 Å². The van der Waals surface area contributed by atoms with Crippen molar-refractivity contribution in [1.29, 1.82) is 0 Å². The van der Waals surface area contributed by atoms with E-state index in [1.165, 1.54) is 5.56 Å². The molecule has 1 aromatic heterocycles. The van der Waals surface area contributed by atoms with Crippen molar-refractivity contribution in [2.75, 3.05) is 12.4 Å². The van der Waals surface area contributed by atoms with Crippen LogP contribution in [0.5, 0.6) is 0 Å². The lowest BCUT2D eigenvalue weighted by Crippen LogP contribution is -2.02. The van der Waals surface area contributed by atoms with Crippen LogP contribution in [-0.2, 0) is 6.42 Å². The maximum Gasteiger partial charge on any atom is 0.161 e. The number of nitrogens with zero attached hydrogens (tertiary/aromatic N) is 2. The van der Waals surface area contributed by atoms with E-state index in [4.69, 9.17) is 4.98 Å². The fourth-order valence-electron chi connectivity index (χ4n) is 2.28. The van der Waals surface area contributed by atoms with Gasteiger partial charge in [-0.05, 0) is 23.8 Å². The van der Waals surface area contributed by atoms with E-state index in [0.717, 1.165) is 29.3 Å². The van der Waals surface area contributed by atoms with Crippen LogP contribution in [0.25, 0.3) is 11.4 Å². The van der Waals surface area contributed by atoms with Crippen LogP contribution in [0.2, 0.25) is 0 Å². The maximum atomic E-state index is 4.69. The lowest BCUT2D eigenvalue weighted by atomic mass is 10.0. The third-order valence-electron chi connectivity index (χ3n) is 3.45. The molecule has 1 heterocycles. The zero-order valence-electron chi connectivity index (χ0n) is 13.6. The van der Waals surface area contributed by atoms with Gasteiger partial charge in [-0.15, -0.1) is 0 Å². The van der Waals surface area contributed by atoms with Gasteiger partial charge in [0.05, 0.1) is 0 Å². The van der Waals surface area contributed by atoms with E-state index in [1.807, 2.05) is 13.1 Å². The van der Waals surface area contributed by atoms with Gasteiger partial charge in [0, 0.05) is 24.4 Å². The number of benzene rings is 1. The topological polar surface area (TPSA) is 37.8 Å². The molecule has 2 aromatic rings. The maximum absolute atomic E-state index is 4.69. The standard InChI is InChI=1S/C18H25N3/c1-12(2)10-14-6-8-15(9-7-14)18-20-16(13(3)4)11-17(19-5)21-18/h6-9,11-13H,10H2,1-5H3,(H,19,20,21). The second-order valence-corrected chi connectivity index (χ2v) is 6.20. The number of aromatic nitrogens is 2. The van der Waals surface area contributed by atoms with E-state index in [2.05, 4.69) is 62.3 Å². The molecule has 1 N–H and O–H groups in total. The molecule has 0 atom stereocenters. The molecule has 0 spiro atoms. The highest BCUT2D eigenvalue weighted by atomic mass is 15.0. The molecule has 0 aliphatic heterocycles. The monoisotopic (exact) mass is 283 g/mol. The molecule has 0 saturated carbocycles. The zero-order chi connectivity index (χ0) is 15.4. The minimum atomic E-state index is 0.388. The molecule has 0 aliphatic carbocycles. The zero-order valence-corrected chi connectivity index (χ0v) is 13.6.